The molecule has 3 atom stereocenters. The summed E-state index contributed by atoms with van der Waals surface area (Å²) >= 11 is 0. The number of carbonyl (C=O) groups excluding carboxylic acids is 1. The van der Waals surface area contributed by atoms with Crippen LogP contribution in [0.1, 0.15) is 81.4 Å². The molecule has 1 aliphatic heterocycles. The van der Waals surface area contributed by atoms with Gasteiger partial charge in [-0.25, -0.2) is 0 Å². The van der Waals surface area contributed by atoms with Crippen LogP contribution in [0.2, 0.25) is 0 Å². The lowest BCUT2D eigenvalue weighted by Crippen LogP contribution is -2.55. The Bertz CT molecular complexity index is 918. The molecular formula is C27H35NO2. The molecule has 0 amide bonds. The van der Waals surface area contributed by atoms with E-state index in [0.717, 1.165) is 48.9 Å². The Labute approximate surface area is 181 Å². The van der Waals surface area contributed by atoms with E-state index in [1.165, 1.54) is 5.56 Å². The molecule has 1 aliphatic carbocycles. The fourth-order valence-electron chi connectivity index (χ4n) is 5.71. The Kier molecular flexibility index (Phi) is 5.65. The van der Waals surface area contributed by atoms with Gasteiger partial charge in [0.05, 0.1) is 0 Å². The Morgan fingerprint density at radius 3 is 2.67 bits per heavy atom. The largest absolute Gasteiger partial charge is 0.508 e. The summed E-state index contributed by atoms with van der Waals surface area (Å²) in [6, 6.07) is 14.7. The second-order valence-corrected chi connectivity index (χ2v) is 9.90. The summed E-state index contributed by atoms with van der Waals surface area (Å²) in [5.41, 5.74) is 4.45. The van der Waals surface area contributed by atoms with Crippen molar-refractivity contribution >= 4 is 11.5 Å². The molecule has 0 bridgehead atoms. The minimum Gasteiger partial charge on any atom is -0.508 e. The third kappa shape index (κ3) is 3.64. The molecule has 2 aromatic carbocycles. The lowest BCUT2D eigenvalue weighted by molar-refractivity contribution is -0.124. The topological polar surface area (TPSA) is 40.5 Å². The van der Waals surface area contributed by atoms with Gasteiger partial charge in [-0.2, -0.15) is 0 Å². The van der Waals surface area contributed by atoms with Crippen molar-refractivity contribution in [1.29, 1.82) is 0 Å². The number of benzene rings is 2. The molecule has 2 aromatic rings. The van der Waals surface area contributed by atoms with Crippen molar-refractivity contribution in [3.63, 3.8) is 0 Å². The highest BCUT2D eigenvalue weighted by Gasteiger charge is 2.49. The number of nitrogens with zero attached hydrogens (tertiary/aromatic N) is 1. The van der Waals surface area contributed by atoms with E-state index < -0.39 is 0 Å². The summed E-state index contributed by atoms with van der Waals surface area (Å²) in [5, 5.41) is 10.9. The van der Waals surface area contributed by atoms with Crippen LogP contribution < -0.4 is 4.90 Å². The fourth-order valence-corrected chi connectivity index (χ4v) is 5.71. The molecule has 3 heteroatoms. The molecule has 3 nitrogen and oxygen atoms in total. The number of hydrogen-bond donors (Lipinski definition) is 1. The molecule has 160 valence electrons. The minimum absolute atomic E-state index is 0.0709. The highest BCUT2D eigenvalue weighted by Crippen LogP contribution is 2.53. The molecule has 0 aromatic heterocycles. The van der Waals surface area contributed by atoms with Gasteiger partial charge in [0.25, 0.3) is 0 Å². The van der Waals surface area contributed by atoms with Crippen molar-refractivity contribution in [3.8, 4) is 5.75 Å². The van der Waals surface area contributed by atoms with Crippen LogP contribution in [0, 0.1) is 5.92 Å². The van der Waals surface area contributed by atoms with E-state index in [0.29, 0.717) is 23.9 Å². The molecule has 1 fully saturated rings. The molecule has 0 saturated heterocycles. The first-order valence-corrected chi connectivity index (χ1v) is 11.5. The average molecular weight is 406 g/mol. The Morgan fingerprint density at radius 1 is 1.20 bits per heavy atom. The van der Waals surface area contributed by atoms with Crippen LogP contribution in [-0.4, -0.2) is 23.5 Å². The van der Waals surface area contributed by atoms with Gasteiger partial charge in [0.2, 0.25) is 0 Å². The highest BCUT2D eigenvalue weighted by atomic mass is 16.3. The van der Waals surface area contributed by atoms with Crippen molar-refractivity contribution in [1.82, 2.24) is 0 Å². The number of aryl methyl sites for hydroxylation is 1. The number of phenols is 1. The Morgan fingerprint density at radius 2 is 1.93 bits per heavy atom. The van der Waals surface area contributed by atoms with Gasteiger partial charge in [-0.15, -0.1) is 0 Å². The van der Waals surface area contributed by atoms with Crippen molar-refractivity contribution in [2.45, 2.75) is 76.7 Å². The van der Waals surface area contributed by atoms with Crippen molar-refractivity contribution < 1.29 is 9.90 Å². The molecule has 0 spiro atoms. The summed E-state index contributed by atoms with van der Waals surface area (Å²) in [5.74, 6) is 1.20. The van der Waals surface area contributed by atoms with E-state index >= 15 is 0 Å². The predicted octanol–water partition coefficient (Wildman–Crippen LogP) is 6.20. The average Bonchev–Trinajstić information content (AvgIpc) is 2.72. The fraction of sp³-hybridized carbons (Fsp3) is 0.519. The zero-order valence-electron chi connectivity index (χ0n) is 18.8. The van der Waals surface area contributed by atoms with Crippen LogP contribution in [-0.2, 0) is 11.2 Å². The zero-order valence-corrected chi connectivity index (χ0v) is 18.8. The number of phenolic OH excluding ortho intramolecular Hbond substituents is 1. The summed E-state index contributed by atoms with van der Waals surface area (Å²) in [4.78, 5) is 15.2. The van der Waals surface area contributed by atoms with Gasteiger partial charge in [-0.1, -0.05) is 37.3 Å². The summed E-state index contributed by atoms with van der Waals surface area (Å²) in [7, 11) is 2.15. The first-order chi connectivity index (χ1) is 14.3. The molecule has 1 unspecified atom stereocenters. The summed E-state index contributed by atoms with van der Waals surface area (Å²) < 4.78 is 0. The monoisotopic (exact) mass is 405 g/mol. The van der Waals surface area contributed by atoms with Crippen LogP contribution in [0.3, 0.4) is 0 Å². The minimum atomic E-state index is -0.0757. The third-order valence-corrected chi connectivity index (χ3v) is 7.81. The number of anilines is 1. The quantitative estimate of drug-likeness (QED) is 0.644. The van der Waals surface area contributed by atoms with E-state index in [-0.39, 0.29) is 17.4 Å². The summed E-state index contributed by atoms with van der Waals surface area (Å²) in [6.07, 6.45) is 5.90. The lowest BCUT2D eigenvalue weighted by Gasteiger charge is -2.53. The van der Waals surface area contributed by atoms with Crippen molar-refractivity contribution in [3.05, 3.63) is 59.2 Å². The molecular weight excluding hydrogens is 370 g/mol. The van der Waals surface area contributed by atoms with Gasteiger partial charge in [-0.3, -0.25) is 4.79 Å². The Hall–Kier alpha value is -2.29. The number of rotatable bonds is 5. The number of carbonyl (C=O) groups is 1. The van der Waals surface area contributed by atoms with E-state index in [1.54, 1.807) is 0 Å². The molecule has 30 heavy (non-hydrogen) atoms. The van der Waals surface area contributed by atoms with E-state index in [9.17, 15) is 9.90 Å². The molecule has 4 rings (SSSR count). The normalized spacial score (nSPS) is 23.6. The summed E-state index contributed by atoms with van der Waals surface area (Å²) in [6.45, 7) is 6.74. The third-order valence-electron chi connectivity index (χ3n) is 7.81. The Balaban J connectivity index is 1.60. The van der Waals surface area contributed by atoms with E-state index in [4.69, 9.17) is 0 Å². The van der Waals surface area contributed by atoms with Crippen LogP contribution in [0.25, 0.3) is 0 Å². The van der Waals surface area contributed by atoms with Crippen LogP contribution in [0.5, 0.6) is 5.75 Å². The van der Waals surface area contributed by atoms with Crippen molar-refractivity contribution in [2.75, 3.05) is 11.9 Å². The zero-order chi connectivity index (χ0) is 21.5. The van der Waals surface area contributed by atoms with Gasteiger partial charge in [0.15, 0.2) is 0 Å². The number of hydrogen-bond acceptors (Lipinski definition) is 3. The van der Waals surface area contributed by atoms with Gasteiger partial charge < -0.3 is 10.0 Å². The molecule has 2 aliphatic rings. The van der Waals surface area contributed by atoms with Crippen molar-refractivity contribution in [2.24, 2.45) is 5.92 Å². The van der Waals surface area contributed by atoms with E-state index in [2.05, 4.69) is 69.1 Å². The van der Waals surface area contributed by atoms with E-state index in [1.807, 2.05) is 6.07 Å². The lowest BCUT2D eigenvalue weighted by atomic mass is 9.63. The van der Waals surface area contributed by atoms with Gasteiger partial charge in [-0.05, 0) is 86.6 Å². The number of Topliss-reactive ketones (excluding diaryl/α,β-unsaturated/α-hetero) is 1. The number of ketones is 1. The van der Waals surface area contributed by atoms with Gasteiger partial charge in [0.1, 0.15) is 11.5 Å². The first kappa shape index (κ1) is 21.0. The second-order valence-electron chi connectivity index (χ2n) is 9.90. The maximum absolute atomic E-state index is 12.9. The predicted molar refractivity (Wildman–Crippen MR) is 123 cm³/mol. The molecule has 1 heterocycles. The smallest absolute Gasteiger partial charge is 0.140 e. The SMILES string of the molecule is CC(CCCc1ccccc1)c1cc2c(cc1O)[C@@H]1C(=O)CCC[C@H]1C(C)(C)N2C. The van der Waals surface area contributed by atoms with Crippen LogP contribution in [0.4, 0.5) is 5.69 Å². The first-order valence-electron chi connectivity index (χ1n) is 11.5. The standard InChI is InChI=1S/C27H35NO2/c1-18(10-8-13-19-11-6-5-7-12-19)20-16-23-21(17-25(20)30)26-22(14-9-15-24(26)29)27(2,3)28(23)4/h5-7,11-12,16-18,22,26,30H,8-10,13-15H2,1-4H3/t18?,22-,26+/m1/s1. The molecule has 0 radical (unpaired) electrons. The number of aromatic hydroxyl groups is 1. The van der Waals surface area contributed by atoms with Gasteiger partial charge >= 0.3 is 0 Å². The maximum Gasteiger partial charge on any atom is 0.140 e. The van der Waals surface area contributed by atoms with Crippen LogP contribution >= 0.6 is 0 Å². The van der Waals surface area contributed by atoms with Crippen LogP contribution in [0.15, 0.2) is 42.5 Å². The number of fused-ring (bicyclic) bond motifs is 3. The van der Waals surface area contributed by atoms with Gasteiger partial charge in [0, 0.05) is 30.6 Å². The highest BCUT2D eigenvalue weighted by molar-refractivity contribution is 5.90. The molecule has 1 N–H and O–H groups in total. The molecule has 1 saturated carbocycles. The maximum atomic E-state index is 12.9. The second kappa shape index (κ2) is 8.09.